The molecule has 0 radical (unpaired) electrons. The lowest BCUT2D eigenvalue weighted by Gasteiger charge is -2.19. The molecule has 8 nitrogen and oxygen atoms in total. The highest BCUT2D eigenvalue weighted by atomic mass is 31.2. The van der Waals surface area contributed by atoms with Gasteiger partial charge in [0.1, 0.15) is 6.61 Å². The Hall–Kier alpha value is -1.73. The number of hydrogen-bond acceptors (Lipinski definition) is 7. The van der Waals surface area contributed by atoms with Gasteiger partial charge in [-0.05, 0) is 51.9 Å². The van der Waals surface area contributed by atoms with Gasteiger partial charge in [0.25, 0.3) is 0 Å². The standard InChI is InChI=1S/C40H73O8P/c1-4-7-9-11-13-15-17-19-21-23-25-27-29-31-33-35-40(42)48-38(37-47-49(43,44)46-6-3)36-45-39(41)34-32-30-28-26-24-22-20-18-16-14-12-10-8-5-2/h7,9,13,15,19,21,38H,4-6,8,10-12,14,16-18,20,22-37H2,1-3H3,(H,43,44)/b9-7-,15-13-,21-19-. The third-order valence-corrected chi connectivity index (χ3v) is 9.27. The van der Waals surface area contributed by atoms with E-state index < -0.39 is 26.5 Å². The molecule has 0 bridgehead atoms. The van der Waals surface area contributed by atoms with Gasteiger partial charge < -0.3 is 14.4 Å². The highest BCUT2D eigenvalue weighted by Gasteiger charge is 2.25. The monoisotopic (exact) mass is 713 g/mol. The average molecular weight is 713 g/mol. The molecule has 1 N–H and O–H groups in total. The Morgan fingerprint density at radius 3 is 1.57 bits per heavy atom. The zero-order chi connectivity index (χ0) is 36.1. The maximum atomic E-state index is 12.5. The predicted octanol–water partition coefficient (Wildman–Crippen LogP) is 12.1. The first-order valence-electron chi connectivity index (χ1n) is 19.8. The van der Waals surface area contributed by atoms with Crippen LogP contribution in [0.3, 0.4) is 0 Å². The van der Waals surface area contributed by atoms with Crippen molar-refractivity contribution in [2.24, 2.45) is 0 Å². The first kappa shape index (κ1) is 47.3. The van der Waals surface area contributed by atoms with Gasteiger partial charge in [-0.15, -0.1) is 0 Å². The van der Waals surface area contributed by atoms with Crippen LogP contribution in [0.25, 0.3) is 0 Å². The first-order valence-corrected chi connectivity index (χ1v) is 21.3. The molecule has 0 spiro atoms. The molecule has 0 rings (SSSR count). The van der Waals surface area contributed by atoms with Gasteiger partial charge in [-0.2, -0.15) is 0 Å². The molecule has 0 saturated heterocycles. The largest absolute Gasteiger partial charge is 0.472 e. The van der Waals surface area contributed by atoms with Crippen molar-refractivity contribution in [1.82, 2.24) is 0 Å². The van der Waals surface area contributed by atoms with E-state index in [-0.39, 0.29) is 25.6 Å². The van der Waals surface area contributed by atoms with Crippen LogP contribution in [0.4, 0.5) is 0 Å². The Morgan fingerprint density at radius 2 is 1.04 bits per heavy atom. The lowest BCUT2D eigenvalue weighted by molar-refractivity contribution is -0.161. The van der Waals surface area contributed by atoms with Gasteiger partial charge in [-0.3, -0.25) is 18.6 Å². The quantitative estimate of drug-likeness (QED) is 0.0296. The van der Waals surface area contributed by atoms with Crippen LogP contribution in [0.15, 0.2) is 36.5 Å². The Bertz CT molecular complexity index is 901. The summed E-state index contributed by atoms with van der Waals surface area (Å²) in [4.78, 5) is 34.6. The van der Waals surface area contributed by atoms with E-state index in [1.807, 2.05) is 0 Å². The fourth-order valence-electron chi connectivity index (χ4n) is 5.35. The second-order valence-corrected chi connectivity index (χ2v) is 14.4. The summed E-state index contributed by atoms with van der Waals surface area (Å²) in [5.74, 6) is -0.815. The third kappa shape index (κ3) is 35.9. The molecule has 0 amide bonds. The van der Waals surface area contributed by atoms with Gasteiger partial charge in [-0.25, -0.2) is 4.57 Å². The molecule has 2 atom stereocenters. The molecule has 0 saturated carbocycles. The fraction of sp³-hybridized carbons (Fsp3) is 0.800. The second-order valence-electron chi connectivity index (χ2n) is 12.9. The minimum absolute atomic E-state index is 0.00274. The highest BCUT2D eigenvalue weighted by molar-refractivity contribution is 7.47. The lowest BCUT2D eigenvalue weighted by Crippen LogP contribution is -2.29. The number of ether oxygens (including phenoxy) is 2. The molecule has 0 aromatic rings. The van der Waals surface area contributed by atoms with Crippen LogP contribution in [0.2, 0.25) is 0 Å². The van der Waals surface area contributed by atoms with Crippen molar-refractivity contribution >= 4 is 19.8 Å². The first-order chi connectivity index (χ1) is 23.8. The van der Waals surface area contributed by atoms with Gasteiger partial charge in [0.15, 0.2) is 6.10 Å². The second kappa shape index (κ2) is 36.1. The number of carbonyl (C=O) groups is 2. The molecule has 49 heavy (non-hydrogen) atoms. The SMILES string of the molecule is CC/C=C\C/C=C\C/C=C\CCCCCCCC(=O)OC(COC(=O)CCCCCCCCCCCCCCCC)COP(=O)(O)OCC. The molecule has 286 valence electrons. The van der Waals surface area contributed by atoms with E-state index in [1.165, 1.54) is 70.6 Å². The number of hydrogen-bond donors (Lipinski definition) is 1. The van der Waals surface area contributed by atoms with E-state index in [4.69, 9.17) is 18.5 Å². The predicted molar refractivity (Wildman–Crippen MR) is 202 cm³/mol. The van der Waals surface area contributed by atoms with Gasteiger partial charge in [0.2, 0.25) is 0 Å². The smallest absolute Gasteiger partial charge is 0.462 e. The summed E-state index contributed by atoms with van der Waals surface area (Å²) < 4.78 is 32.5. The summed E-state index contributed by atoms with van der Waals surface area (Å²) >= 11 is 0. The Kier molecular flexibility index (Phi) is 34.8. The van der Waals surface area contributed by atoms with Crippen LogP contribution in [-0.2, 0) is 32.7 Å². The van der Waals surface area contributed by atoms with Crippen LogP contribution in [-0.4, -0.2) is 42.8 Å². The van der Waals surface area contributed by atoms with Crippen molar-refractivity contribution in [3.05, 3.63) is 36.5 Å². The average Bonchev–Trinajstić information content (AvgIpc) is 3.07. The van der Waals surface area contributed by atoms with Crippen molar-refractivity contribution < 1.29 is 37.6 Å². The number of esters is 2. The number of rotatable bonds is 36. The molecule has 0 aliphatic carbocycles. The number of unbranched alkanes of at least 4 members (excludes halogenated alkanes) is 18. The summed E-state index contributed by atoms with van der Waals surface area (Å²) in [5.41, 5.74) is 0. The van der Waals surface area contributed by atoms with Crippen molar-refractivity contribution in [3.63, 3.8) is 0 Å². The molecule has 0 fully saturated rings. The third-order valence-electron chi connectivity index (χ3n) is 8.21. The van der Waals surface area contributed by atoms with Crippen molar-refractivity contribution in [2.45, 2.75) is 187 Å². The van der Waals surface area contributed by atoms with E-state index in [0.29, 0.717) is 12.8 Å². The summed E-state index contributed by atoms with van der Waals surface area (Å²) in [6.07, 6.45) is 39.1. The summed E-state index contributed by atoms with van der Waals surface area (Å²) in [6.45, 7) is 5.34. The van der Waals surface area contributed by atoms with Gasteiger partial charge in [0.05, 0.1) is 13.2 Å². The number of allylic oxidation sites excluding steroid dienone is 6. The van der Waals surface area contributed by atoms with Crippen LogP contribution >= 0.6 is 7.82 Å². The molecular formula is C40H73O8P. The number of carbonyl (C=O) groups excluding carboxylic acids is 2. The summed E-state index contributed by atoms with van der Waals surface area (Å²) in [7, 11) is -4.28. The van der Waals surface area contributed by atoms with E-state index >= 15 is 0 Å². The Labute approximate surface area is 300 Å². The van der Waals surface area contributed by atoms with Gasteiger partial charge in [0, 0.05) is 12.8 Å². The Balaban J connectivity index is 4.15. The van der Waals surface area contributed by atoms with Gasteiger partial charge in [-0.1, -0.05) is 153 Å². The zero-order valence-corrected chi connectivity index (χ0v) is 32.5. The van der Waals surface area contributed by atoms with Gasteiger partial charge >= 0.3 is 19.8 Å². The molecule has 0 aliphatic rings. The van der Waals surface area contributed by atoms with Crippen molar-refractivity contribution in [2.75, 3.05) is 19.8 Å². The summed E-state index contributed by atoms with van der Waals surface area (Å²) in [5, 5.41) is 0. The van der Waals surface area contributed by atoms with Crippen LogP contribution in [0.1, 0.15) is 181 Å². The lowest BCUT2D eigenvalue weighted by atomic mass is 10.0. The molecule has 2 unspecified atom stereocenters. The molecule has 0 aliphatic heterocycles. The molecule has 9 heteroatoms. The van der Waals surface area contributed by atoms with Crippen LogP contribution in [0, 0.1) is 0 Å². The minimum atomic E-state index is -4.28. The maximum Gasteiger partial charge on any atom is 0.472 e. The zero-order valence-electron chi connectivity index (χ0n) is 31.6. The number of phosphoric acid groups is 1. The normalized spacial score (nSPS) is 13.8. The minimum Gasteiger partial charge on any atom is -0.462 e. The summed E-state index contributed by atoms with van der Waals surface area (Å²) in [6, 6.07) is 0. The highest BCUT2D eigenvalue weighted by Crippen LogP contribution is 2.43. The number of phosphoric ester groups is 1. The van der Waals surface area contributed by atoms with Crippen molar-refractivity contribution in [3.8, 4) is 0 Å². The van der Waals surface area contributed by atoms with Crippen LogP contribution < -0.4 is 0 Å². The molecule has 0 aromatic carbocycles. The molecule has 0 heterocycles. The van der Waals surface area contributed by atoms with E-state index in [2.05, 4.69) is 50.3 Å². The Morgan fingerprint density at radius 1 is 0.571 bits per heavy atom. The molecular weight excluding hydrogens is 639 g/mol. The molecule has 0 aromatic heterocycles. The van der Waals surface area contributed by atoms with E-state index in [1.54, 1.807) is 6.92 Å². The van der Waals surface area contributed by atoms with Crippen molar-refractivity contribution in [1.29, 1.82) is 0 Å². The van der Waals surface area contributed by atoms with E-state index in [0.717, 1.165) is 70.6 Å². The van der Waals surface area contributed by atoms with Crippen LogP contribution in [0.5, 0.6) is 0 Å². The fourth-order valence-corrected chi connectivity index (χ4v) is 6.10. The topological polar surface area (TPSA) is 108 Å². The maximum absolute atomic E-state index is 12.5. The van der Waals surface area contributed by atoms with E-state index in [9.17, 15) is 19.0 Å².